The van der Waals surface area contributed by atoms with Gasteiger partial charge in [-0.1, -0.05) is 10.7 Å². The van der Waals surface area contributed by atoms with Crippen molar-refractivity contribution in [3.05, 3.63) is 30.6 Å². The molecule has 1 N–H and O–H groups in total. The van der Waals surface area contributed by atoms with Crippen molar-refractivity contribution >= 4 is 0 Å². The molecule has 2 heterocycles. The lowest BCUT2D eigenvalue weighted by Gasteiger charge is -2.22. The predicted molar refractivity (Wildman–Crippen MR) is 47.5 cm³/mol. The topological polar surface area (TPSA) is 19.1 Å². The van der Waals surface area contributed by atoms with Gasteiger partial charge in [0.15, 0.2) is 12.4 Å². The molecule has 2 rings (SSSR count). The van der Waals surface area contributed by atoms with E-state index in [1.807, 2.05) is 6.07 Å². The van der Waals surface area contributed by atoms with Crippen LogP contribution in [0.25, 0.3) is 0 Å². The van der Waals surface area contributed by atoms with Gasteiger partial charge in [-0.15, -0.1) is 0 Å². The molecule has 0 amide bonds. The highest BCUT2D eigenvalue weighted by atomic mass is 15.5. The SMILES string of the molecule is c1cc[n+](N2CCNCC2)cc1. The number of aromatic nitrogens is 1. The summed E-state index contributed by atoms with van der Waals surface area (Å²) < 4.78 is 2.15. The molecule has 0 aliphatic carbocycles. The molecule has 0 radical (unpaired) electrons. The summed E-state index contributed by atoms with van der Waals surface area (Å²) in [5.74, 6) is 0. The van der Waals surface area contributed by atoms with Crippen LogP contribution in [0.5, 0.6) is 0 Å². The van der Waals surface area contributed by atoms with Gasteiger partial charge in [0.1, 0.15) is 0 Å². The third kappa shape index (κ3) is 1.56. The molecule has 12 heavy (non-hydrogen) atoms. The summed E-state index contributed by atoms with van der Waals surface area (Å²) in [7, 11) is 0. The van der Waals surface area contributed by atoms with Crippen LogP contribution in [0.15, 0.2) is 30.6 Å². The highest BCUT2D eigenvalue weighted by molar-refractivity contribution is 4.86. The van der Waals surface area contributed by atoms with Crippen molar-refractivity contribution in [3.8, 4) is 0 Å². The Labute approximate surface area is 72.6 Å². The lowest BCUT2D eigenvalue weighted by Crippen LogP contribution is -2.63. The molecule has 0 unspecified atom stereocenters. The third-order valence-corrected chi connectivity index (χ3v) is 2.12. The van der Waals surface area contributed by atoms with E-state index in [2.05, 4.69) is 39.5 Å². The van der Waals surface area contributed by atoms with Crippen molar-refractivity contribution in [1.82, 2.24) is 5.32 Å². The van der Waals surface area contributed by atoms with E-state index in [-0.39, 0.29) is 0 Å². The standard InChI is InChI=1S/C9H14N3/c1-2-6-11(7-3-1)12-8-4-10-5-9-12/h1-3,6-7,10H,4-5,8-9H2/q+1. The van der Waals surface area contributed by atoms with Crippen molar-refractivity contribution in [2.45, 2.75) is 0 Å². The van der Waals surface area contributed by atoms with E-state index in [4.69, 9.17) is 0 Å². The van der Waals surface area contributed by atoms with Crippen molar-refractivity contribution in [2.24, 2.45) is 0 Å². The Morgan fingerprint density at radius 2 is 1.67 bits per heavy atom. The van der Waals surface area contributed by atoms with Crippen LogP contribution in [0, 0.1) is 0 Å². The fourth-order valence-corrected chi connectivity index (χ4v) is 1.46. The third-order valence-electron chi connectivity index (χ3n) is 2.12. The molecule has 3 heteroatoms. The minimum atomic E-state index is 1.09. The smallest absolute Gasteiger partial charge is 0.199 e. The molecule has 0 saturated carbocycles. The van der Waals surface area contributed by atoms with E-state index in [1.54, 1.807) is 0 Å². The summed E-state index contributed by atoms with van der Waals surface area (Å²) in [5.41, 5.74) is 0. The minimum Gasteiger partial charge on any atom is -0.313 e. The molecule has 0 bridgehead atoms. The zero-order valence-electron chi connectivity index (χ0n) is 7.11. The van der Waals surface area contributed by atoms with Crippen LogP contribution in [-0.2, 0) is 0 Å². The monoisotopic (exact) mass is 164 g/mol. The number of hydrogen-bond acceptors (Lipinski definition) is 2. The maximum absolute atomic E-state index is 3.33. The summed E-state index contributed by atoms with van der Waals surface area (Å²) in [4.78, 5) is 0. The predicted octanol–water partition coefficient (Wildman–Crippen LogP) is -0.485. The van der Waals surface area contributed by atoms with Gasteiger partial charge in [0.25, 0.3) is 0 Å². The first-order chi connectivity index (χ1) is 5.97. The summed E-state index contributed by atoms with van der Waals surface area (Å²) in [6.45, 7) is 4.35. The van der Waals surface area contributed by atoms with Crippen LogP contribution in [0.1, 0.15) is 0 Å². The van der Waals surface area contributed by atoms with Gasteiger partial charge in [-0.2, -0.15) is 5.01 Å². The summed E-state index contributed by atoms with van der Waals surface area (Å²) in [6, 6.07) is 6.16. The first kappa shape index (κ1) is 7.55. The second-order valence-corrected chi connectivity index (χ2v) is 2.96. The Morgan fingerprint density at radius 3 is 2.33 bits per heavy atom. The average molecular weight is 164 g/mol. The average Bonchev–Trinajstić information content (AvgIpc) is 2.21. The van der Waals surface area contributed by atoms with E-state index in [1.165, 1.54) is 0 Å². The van der Waals surface area contributed by atoms with Crippen LogP contribution in [0.2, 0.25) is 0 Å². The molecule has 1 aliphatic rings. The van der Waals surface area contributed by atoms with Crippen molar-refractivity contribution in [2.75, 3.05) is 31.2 Å². The zero-order valence-corrected chi connectivity index (χ0v) is 7.11. The Bertz CT molecular complexity index is 229. The number of nitrogens with one attached hydrogen (secondary N) is 1. The zero-order chi connectivity index (χ0) is 8.23. The lowest BCUT2D eigenvalue weighted by atomic mass is 10.4. The van der Waals surface area contributed by atoms with Gasteiger partial charge in [0.05, 0.1) is 13.1 Å². The van der Waals surface area contributed by atoms with Gasteiger partial charge in [-0.3, -0.25) is 0 Å². The van der Waals surface area contributed by atoms with Crippen LogP contribution in [-0.4, -0.2) is 26.2 Å². The number of nitrogens with zero attached hydrogens (tertiary/aromatic N) is 2. The maximum Gasteiger partial charge on any atom is 0.199 e. The molecule has 1 fully saturated rings. The first-order valence-corrected chi connectivity index (χ1v) is 4.39. The Hall–Kier alpha value is -1.09. The van der Waals surface area contributed by atoms with E-state index in [0.717, 1.165) is 26.2 Å². The molecule has 1 aromatic rings. The fourth-order valence-electron chi connectivity index (χ4n) is 1.46. The van der Waals surface area contributed by atoms with Gasteiger partial charge in [0, 0.05) is 25.2 Å². The summed E-state index contributed by atoms with van der Waals surface area (Å²) in [5, 5.41) is 5.66. The second kappa shape index (κ2) is 3.54. The summed E-state index contributed by atoms with van der Waals surface area (Å²) >= 11 is 0. The van der Waals surface area contributed by atoms with Gasteiger partial charge < -0.3 is 5.32 Å². The van der Waals surface area contributed by atoms with Crippen LogP contribution in [0.3, 0.4) is 0 Å². The number of rotatable bonds is 1. The molecule has 0 aromatic carbocycles. The minimum absolute atomic E-state index is 1.09. The van der Waals surface area contributed by atoms with Crippen molar-refractivity contribution < 1.29 is 4.68 Å². The van der Waals surface area contributed by atoms with Gasteiger partial charge in [-0.25, -0.2) is 0 Å². The molecule has 3 nitrogen and oxygen atoms in total. The van der Waals surface area contributed by atoms with E-state index < -0.39 is 0 Å². The lowest BCUT2D eigenvalue weighted by molar-refractivity contribution is -0.694. The highest BCUT2D eigenvalue weighted by Gasteiger charge is 2.14. The van der Waals surface area contributed by atoms with Crippen molar-refractivity contribution in [1.29, 1.82) is 0 Å². The fraction of sp³-hybridized carbons (Fsp3) is 0.444. The molecule has 1 aliphatic heterocycles. The molecule has 1 aromatic heterocycles. The van der Waals surface area contributed by atoms with Crippen molar-refractivity contribution in [3.63, 3.8) is 0 Å². The van der Waals surface area contributed by atoms with Crippen LogP contribution < -0.4 is 15.0 Å². The first-order valence-electron chi connectivity index (χ1n) is 4.39. The second-order valence-electron chi connectivity index (χ2n) is 2.96. The molecular weight excluding hydrogens is 150 g/mol. The van der Waals surface area contributed by atoms with Gasteiger partial charge >= 0.3 is 0 Å². The molecule has 0 spiro atoms. The Morgan fingerprint density at radius 1 is 1.00 bits per heavy atom. The number of pyridine rings is 1. The molecule has 0 atom stereocenters. The molecular formula is C9H14N3+. The molecule has 1 saturated heterocycles. The van der Waals surface area contributed by atoms with Crippen LogP contribution >= 0.6 is 0 Å². The largest absolute Gasteiger partial charge is 0.313 e. The summed E-state index contributed by atoms with van der Waals surface area (Å²) in [6.07, 6.45) is 4.18. The van der Waals surface area contributed by atoms with Gasteiger partial charge in [-0.05, 0) is 0 Å². The Kier molecular flexibility index (Phi) is 2.23. The van der Waals surface area contributed by atoms with E-state index >= 15 is 0 Å². The number of piperazine rings is 1. The quantitative estimate of drug-likeness (QED) is 0.565. The van der Waals surface area contributed by atoms with Gasteiger partial charge in [0.2, 0.25) is 0 Å². The Balaban J connectivity index is 2.08. The number of hydrogen-bond donors (Lipinski definition) is 1. The van der Waals surface area contributed by atoms with E-state index in [0.29, 0.717) is 0 Å². The molecule has 64 valence electrons. The van der Waals surface area contributed by atoms with Crippen LogP contribution in [0.4, 0.5) is 0 Å². The normalized spacial score (nSPS) is 17.8. The maximum atomic E-state index is 3.33. The van der Waals surface area contributed by atoms with E-state index in [9.17, 15) is 0 Å². The highest BCUT2D eigenvalue weighted by Crippen LogP contribution is 1.84.